The molecule has 0 bridgehead atoms. The molecule has 0 aliphatic carbocycles. The maximum atomic E-state index is 11.6. The Labute approximate surface area is 176 Å². The molecule has 0 saturated carbocycles. The summed E-state index contributed by atoms with van der Waals surface area (Å²) in [5.74, 6) is 2.01. The predicted molar refractivity (Wildman–Crippen MR) is 124 cm³/mol. The molecular weight excluding hydrogens is 376 g/mol. The standard InChI is InChI=1S/C21H44N2O2S2/c1-4-5-6-7-8-9-10-11-12-13-19-26-27-20-18-25-21(24)14-15-22-16-17-23(2)3/h22H,4-20H2,1-3H3. The van der Waals surface area contributed by atoms with Crippen LogP contribution in [0.15, 0.2) is 0 Å². The van der Waals surface area contributed by atoms with E-state index in [4.69, 9.17) is 4.74 Å². The van der Waals surface area contributed by atoms with Gasteiger partial charge >= 0.3 is 5.97 Å². The largest absolute Gasteiger partial charge is 0.465 e. The quantitative estimate of drug-likeness (QED) is 0.153. The fraction of sp³-hybridized carbons (Fsp3) is 0.952. The van der Waals surface area contributed by atoms with Gasteiger partial charge in [-0.2, -0.15) is 0 Å². The Morgan fingerprint density at radius 3 is 2.07 bits per heavy atom. The molecule has 0 spiro atoms. The molecule has 0 heterocycles. The molecule has 0 aromatic heterocycles. The lowest BCUT2D eigenvalue weighted by Crippen LogP contribution is -2.28. The molecule has 27 heavy (non-hydrogen) atoms. The Kier molecular flexibility index (Phi) is 22.5. The van der Waals surface area contributed by atoms with Gasteiger partial charge in [0.1, 0.15) is 6.61 Å². The van der Waals surface area contributed by atoms with Gasteiger partial charge < -0.3 is 15.0 Å². The van der Waals surface area contributed by atoms with Crippen molar-refractivity contribution in [2.24, 2.45) is 0 Å². The van der Waals surface area contributed by atoms with E-state index in [1.807, 2.05) is 35.7 Å². The maximum absolute atomic E-state index is 11.6. The van der Waals surface area contributed by atoms with Crippen LogP contribution in [-0.2, 0) is 9.53 Å². The molecule has 0 rings (SSSR count). The van der Waals surface area contributed by atoms with Gasteiger partial charge in [-0.3, -0.25) is 4.79 Å². The van der Waals surface area contributed by atoms with Crippen molar-refractivity contribution in [1.29, 1.82) is 0 Å². The van der Waals surface area contributed by atoms with Crippen molar-refractivity contribution in [2.45, 2.75) is 77.6 Å². The van der Waals surface area contributed by atoms with Gasteiger partial charge in [0.2, 0.25) is 0 Å². The summed E-state index contributed by atoms with van der Waals surface area (Å²) in [5.41, 5.74) is 0. The van der Waals surface area contributed by atoms with Gasteiger partial charge in [-0.25, -0.2) is 0 Å². The first-order valence-corrected chi connectivity index (χ1v) is 13.4. The van der Waals surface area contributed by atoms with Crippen LogP contribution in [0.1, 0.15) is 77.6 Å². The van der Waals surface area contributed by atoms with Crippen molar-refractivity contribution in [1.82, 2.24) is 10.2 Å². The molecule has 6 heteroatoms. The minimum Gasteiger partial charge on any atom is -0.465 e. The second-order valence-corrected chi connectivity index (χ2v) is 10.1. The Balaban J connectivity index is 3.12. The average molecular weight is 421 g/mol. The number of rotatable bonds is 21. The zero-order valence-corrected chi connectivity index (χ0v) is 19.7. The number of ether oxygens (including phenoxy) is 1. The first-order chi connectivity index (χ1) is 13.2. The van der Waals surface area contributed by atoms with E-state index < -0.39 is 0 Å². The van der Waals surface area contributed by atoms with Crippen molar-refractivity contribution >= 4 is 27.6 Å². The summed E-state index contributed by atoms with van der Waals surface area (Å²) in [5, 5.41) is 3.25. The molecule has 0 aromatic carbocycles. The lowest BCUT2D eigenvalue weighted by atomic mass is 10.1. The molecular formula is C21H44N2O2S2. The number of hydrogen-bond acceptors (Lipinski definition) is 6. The molecule has 0 radical (unpaired) electrons. The van der Waals surface area contributed by atoms with E-state index in [1.54, 1.807) is 0 Å². The summed E-state index contributed by atoms with van der Waals surface area (Å²) < 4.78 is 5.25. The molecule has 162 valence electrons. The van der Waals surface area contributed by atoms with Crippen LogP contribution in [-0.4, -0.2) is 62.7 Å². The van der Waals surface area contributed by atoms with Gasteiger partial charge in [-0.1, -0.05) is 86.3 Å². The Morgan fingerprint density at radius 1 is 0.852 bits per heavy atom. The molecule has 1 N–H and O–H groups in total. The normalized spacial score (nSPS) is 11.3. The Morgan fingerprint density at radius 2 is 1.44 bits per heavy atom. The van der Waals surface area contributed by atoms with Crippen molar-refractivity contribution in [3.63, 3.8) is 0 Å². The number of carbonyl (C=O) groups excluding carboxylic acids is 1. The molecule has 0 unspecified atom stereocenters. The third kappa shape index (κ3) is 24.1. The van der Waals surface area contributed by atoms with Crippen LogP contribution in [0.3, 0.4) is 0 Å². The molecule has 0 fully saturated rings. The number of hydrogen-bond donors (Lipinski definition) is 1. The van der Waals surface area contributed by atoms with Crippen LogP contribution in [0.25, 0.3) is 0 Å². The van der Waals surface area contributed by atoms with Gasteiger partial charge in [0.15, 0.2) is 0 Å². The van der Waals surface area contributed by atoms with E-state index in [2.05, 4.69) is 17.1 Å². The summed E-state index contributed by atoms with van der Waals surface area (Å²) in [4.78, 5) is 13.7. The summed E-state index contributed by atoms with van der Waals surface area (Å²) in [6, 6.07) is 0. The van der Waals surface area contributed by atoms with E-state index in [-0.39, 0.29) is 5.97 Å². The first kappa shape index (κ1) is 27.1. The second kappa shape index (κ2) is 22.4. The van der Waals surface area contributed by atoms with E-state index in [1.165, 1.54) is 70.0 Å². The zero-order chi connectivity index (χ0) is 20.0. The number of likely N-dealkylation sites (N-methyl/N-ethyl adjacent to an activating group) is 1. The number of carbonyl (C=O) groups is 1. The van der Waals surface area contributed by atoms with Gasteiger partial charge in [0.05, 0.1) is 6.42 Å². The van der Waals surface area contributed by atoms with Crippen LogP contribution in [0.4, 0.5) is 0 Å². The lowest BCUT2D eigenvalue weighted by molar-refractivity contribution is -0.142. The number of nitrogens with zero attached hydrogens (tertiary/aromatic N) is 1. The maximum Gasteiger partial charge on any atom is 0.307 e. The fourth-order valence-corrected chi connectivity index (χ4v) is 4.62. The smallest absolute Gasteiger partial charge is 0.307 e. The average Bonchev–Trinajstić information content (AvgIpc) is 2.64. The molecule has 0 amide bonds. The minimum atomic E-state index is -0.0901. The van der Waals surface area contributed by atoms with E-state index in [9.17, 15) is 4.79 Å². The number of esters is 1. The van der Waals surface area contributed by atoms with Crippen molar-refractivity contribution in [3.05, 3.63) is 0 Å². The highest BCUT2D eigenvalue weighted by atomic mass is 33.1. The van der Waals surface area contributed by atoms with Crippen LogP contribution in [0.5, 0.6) is 0 Å². The van der Waals surface area contributed by atoms with E-state index in [0.29, 0.717) is 19.6 Å². The second-order valence-electron chi connectivity index (χ2n) is 7.35. The minimum absolute atomic E-state index is 0.0901. The van der Waals surface area contributed by atoms with Gasteiger partial charge in [-0.15, -0.1) is 0 Å². The monoisotopic (exact) mass is 420 g/mol. The van der Waals surface area contributed by atoms with Crippen LogP contribution >= 0.6 is 21.6 Å². The van der Waals surface area contributed by atoms with E-state index in [0.717, 1.165) is 18.8 Å². The third-order valence-electron chi connectivity index (χ3n) is 4.34. The SMILES string of the molecule is CCCCCCCCCCCCSSCCOC(=O)CCNCCN(C)C. The van der Waals surface area contributed by atoms with E-state index >= 15 is 0 Å². The lowest BCUT2D eigenvalue weighted by Gasteiger charge is -2.10. The Hall–Kier alpha value is 0.0900. The van der Waals surface area contributed by atoms with Crippen molar-refractivity contribution in [3.8, 4) is 0 Å². The van der Waals surface area contributed by atoms with Crippen molar-refractivity contribution < 1.29 is 9.53 Å². The van der Waals surface area contributed by atoms with Crippen molar-refractivity contribution in [2.75, 3.05) is 51.8 Å². The fourth-order valence-electron chi connectivity index (χ4n) is 2.65. The predicted octanol–water partition coefficient (Wildman–Crippen LogP) is 5.37. The highest BCUT2D eigenvalue weighted by Gasteiger charge is 2.02. The molecule has 0 aliphatic rings. The van der Waals surface area contributed by atoms with Gasteiger partial charge in [-0.05, 0) is 20.5 Å². The molecule has 0 aromatic rings. The third-order valence-corrected chi connectivity index (χ3v) is 6.79. The highest BCUT2D eigenvalue weighted by molar-refractivity contribution is 8.76. The topological polar surface area (TPSA) is 41.6 Å². The van der Waals surface area contributed by atoms with Crippen LogP contribution in [0, 0.1) is 0 Å². The van der Waals surface area contributed by atoms with Gasteiger partial charge in [0, 0.05) is 31.1 Å². The number of unbranched alkanes of at least 4 members (excludes halogenated alkanes) is 9. The highest BCUT2D eigenvalue weighted by Crippen LogP contribution is 2.22. The first-order valence-electron chi connectivity index (χ1n) is 10.9. The summed E-state index contributed by atoms with van der Waals surface area (Å²) in [6.45, 7) is 5.41. The molecule has 0 aliphatic heterocycles. The zero-order valence-electron chi connectivity index (χ0n) is 18.1. The van der Waals surface area contributed by atoms with Gasteiger partial charge in [0.25, 0.3) is 0 Å². The summed E-state index contributed by atoms with van der Waals surface area (Å²) in [6.07, 6.45) is 14.4. The molecule has 0 saturated heterocycles. The van der Waals surface area contributed by atoms with Crippen LogP contribution < -0.4 is 5.32 Å². The molecule has 0 atom stereocenters. The number of nitrogens with one attached hydrogen (secondary N) is 1. The Bertz CT molecular complexity index is 319. The molecule has 4 nitrogen and oxygen atoms in total. The summed E-state index contributed by atoms with van der Waals surface area (Å²) in [7, 11) is 7.83. The van der Waals surface area contributed by atoms with Crippen LogP contribution in [0.2, 0.25) is 0 Å². The summed E-state index contributed by atoms with van der Waals surface area (Å²) >= 11 is 0.